The number of nitrogens with one attached hydrogen (secondary N) is 3. The Labute approximate surface area is 115 Å². The quantitative estimate of drug-likeness (QED) is 0.494. The summed E-state index contributed by atoms with van der Waals surface area (Å²) in [4.78, 5) is 33.7. The van der Waals surface area contributed by atoms with E-state index in [4.69, 9.17) is 5.11 Å². The standard InChI is InChI=1S/C11H19N3O4S/c1-19-5-4-8(10(16)17)14-11(18)12-6-9(15)13-7-2-3-7/h7-8H,2-6H2,1H3,(H,13,15)(H,16,17)(H2,12,14,18). The van der Waals surface area contributed by atoms with Gasteiger partial charge in [0.25, 0.3) is 0 Å². The number of thioether (sulfide) groups is 1. The van der Waals surface area contributed by atoms with Crippen LogP contribution < -0.4 is 16.0 Å². The fourth-order valence-electron chi connectivity index (χ4n) is 1.37. The molecule has 108 valence electrons. The Morgan fingerprint density at radius 1 is 1.37 bits per heavy atom. The van der Waals surface area contributed by atoms with Crippen molar-refractivity contribution in [2.45, 2.75) is 31.3 Å². The monoisotopic (exact) mass is 289 g/mol. The summed E-state index contributed by atoms with van der Waals surface area (Å²) in [7, 11) is 0. The fraction of sp³-hybridized carbons (Fsp3) is 0.727. The van der Waals surface area contributed by atoms with Crippen molar-refractivity contribution in [3.63, 3.8) is 0 Å². The smallest absolute Gasteiger partial charge is 0.326 e. The summed E-state index contributed by atoms with van der Waals surface area (Å²) in [5.74, 6) is -0.695. The number of carbonyl (C=O) groups excluding carboxylic acids is 2. The maximum atomic E-state index is 11.5. The van der Waals surface area contributed by atoms with Gasteiger partial charge in [0, 0.05) is 6.04 Å². The van der Waals surface area contributed by atoms with Crippen molar-refractivity contribution < 1.29 is 19.5 Å². The van der Waals surface area contributed by atoms with Gasteiger partial charge in [0.05, 0.1) is 6.54 Å². The Bertz CT molecular complexity index is 347. The second-order valence-corrected chi connectivity index (χ2v) is 5.33. The van der Waals surface area contributed by atoms with Gasteiger partial charge >= 0.3 is 12.0 Å². The third kappa shape index (κ3) is 6.90. The van der Waals surface area contributed by atoms with Gasteiger partial charge in [-0.2, -0.15) is 11.8 Å². The summed E-state index contributed by atoms with van der Waals surface area (Å²) < 4.78 is 0. The molecule has 0 saturated heterocycles. The molecule has 0 aliphatic heterocycles. The van der Waals surface area contributed by atoms with E-state index in [1.165, 1.54) is 11.8 Å². The first-order chi connectivity index (χ1) is 9.02. The molecule has 0 aromatic carbocycles. The van der Waals surface area contributed by atoms with Gasteiger partial charge in [0.2, 0.25) is 5.91 Å². The summed E-state index contributed by atoms with van der Waals surface area (Å²) in [5.41, 5.74) is 0. The van der Waals surface area contributed by atoms with Gasteiger partial charge in [-0.1, -0.05) is 0 Å². The van der Waals surface area contributed by atoms with E-state index in [2.05, 4.69) is 16.0 Å². The molecule has 1 aliphatic carbocycles. The Kier molecular flexibility index (Phi) is 6.48. The molecule has 19 heavy (non-hydrogen) atoms. The highest BCUT2D eigenvalue weighted by Crippen LogP contribution is 2.18. The molecule has 1 fully saturated rings. The first-order valence-corrected chi connectivity index (χ1v) is 7.47. The number of urea groups is 1. The van der Waals surface area contributed by atoms with E-state index < -0.39 is 18.0 Å². The van der Waals surface area contributed by atoms with Crippen LogP contribution in [0.3, 0.4) is 0 Å². The minimum Gasteiger partial charge on any atom is -0.480 e. The lowest BCUT2D eigenvalue weighted by Crippen LogP contribution is -2.48. The molecule has 0 aromatic heterocycles. The van der Waals surface area contributed by atoms with Gasteiger partial charge in [0.15, 0.2) is 0 Å². The molecule has 0 heterocycles. The second-order valence-electron chi connectivity index (χ2n) is 4.34. The molecule has 0 aromatic rings. The van der Waals surface area contributed by atoms with Crippen LogP contribution in [-0.4, -0.2) is 53.7 Å². The number of hydrogen-bond donors (Lipinski definition) is 4. The van der Waals surface area contributed by atoms with E-state index in [0.717, 1.165) is 12.8 Å². The minimum atomic E-state index is -1.08. The van der Waals surface area contributed by atoms with Gasteiger partial charge in [-0.25, -0.2) is 9.59 Å². The van der Waals surface area contributed by atoms with Crippen molar-refractivity contribution in [1.29, 1.82) is 0 Å². The molecular formula is C11H19N3O4S. The van der Waals surface area contributed by atoms with E-state index in [1.54, 1.807) is 0 Å². The Morgan fingerprint density at radius 3 is 2.58 bits per heavy atom. The average molecular weight is 289 g/mol. The first kappa shape index (κ1) is 15.6. The predicted molar refractivity (Wildman–Crippen MR) is 72.1 cm³/mol. The van der Waals surface area contributed by atoms with Gasteiger partial charge in [0.1, 0.15) is 6.04 Å². The van der Waals surface area contributed by atoms with Crippen LogP contribution in [0.1, 0.15) is 19.3 Å². The van der Waals surface area contributed by atoms with Crippen molar-refractivity contribution in [3.05, 3.63) is 0 Å². The third-order valence-corrected chi connectivity index (χ3v) is 3.21. The molecule has 1 saturated carbocycles. The minimum absolute atomic E-state index is 0.142. The topological polar surface area (TPSA) is 108 Å². The maximum absolute atomic E-state index is 11.5. The third-order valence-electron chi connectivity index (χ3n) is 2.57. The zero-order valence-corrected chi connectivity index (χ0v) is 11.6. The van der Waals surface area contributed by atoms with E-state index in [-0.39, 0.29) is 18.5 Å². The lowest BCUT2D eigenvalue weighted by Gasteiger charge is -2.14. The number of amides is 3. The van der Waals surface area contributed by atoms with E-state index >= 15 is 0 Å². The molecule has 4 N–H and O–H groups in total. The summed E-state index contributed by atoms with van der Waals surface area (Å²) in [6.45, 7) is -0.142. The molecule has 0 radical (unpaired) electrons. The van der Waals surface area contributed by atoms with Crippen LogP contribution in [0, 0.1) is 0 Å². The van der Waals surface area contributed by atoms with Gasteiger partial charge < -0.3 is 21.1 Å². The summed E-state index contributed by atoms with van der Waals surface area (Å²) in [5, 5.41) is 16.3. The maximum Gasteiger partial charge on any atom is 0.326 e. The molecule has 7 nitrogen and oxygen atoms in total. The van der Waals surface area contributed by atoms with E-state index in [9.17, 15) is 14.4 Å². The number of carbonyl (C=O) groups is 3. The lowest BCUT2D eigenvalue weighted by atomic mass is 10.2. The molecule has 1 unspecified atom stereocenters. The molecule has 1 atom stereocenters. The van der Waals surface area contributed by atoms with Gasteiger partial charge in [-0.05, 0) is 31.3 Å². The van der Waals surface area contributed by atoms with Gasteiger partial charge in [-0.15, -0.1) is 0 Å². The Morgan fingerprint density at radius 2 is 2.05 bits per heavy atom. The van der Waals surface area contributed by atoms with Crippen LogP contribution in [0.15, 0.2) is 0 Å². The molecule has 1 aliphatic rings. The zero-order valence-electron chi connectivity index (χ0n) is 10.8. The Balaban J connectivity index is 2.22. The van der Waals surface area contributed by atoms with Crippen LogP contribution >= 0.6 is 11.8 Å². The molecule has 0 bridgehead atoms. The van der Waals surface area contributed by atoms with Crippen LogP contribution in [0.4, 0.5) is 4.79 Å². The summed E-state index contributed by atoms with van der Waals surface area (Å²) >= 11 is 1.51. The van der Waals surface area contributed by atoms with E-state index in [0.29, 0.717) is 12.2 Å². The highest BCUT2D eigenvalue weighted by molar-refractivity contribution is 7.98. The number of aliphatic carboxylic acids is 1. The zero-order chi connectivity index (χ0) is 14.3. The number of rotatable bonds is 8. The van der Waals surface area contributed by atoms with Crippen molar-refractivity contribution >= 4 is 29.7 Å². The number of carboxylic acids is 1. The van der Waals surface area contributed by atoms with Crippen LogP contribution in [0.5, 0.6) is 0 Å². The van der Waals surface area contributed by atoms with Crippen LogP contribution in [0.25, 0.3) is 0 Å². The highest BCUT2D eigenvalue weighted by Gasteiger charge is 2.23. The van der Waals surface area contributed by atoms with Crippen molar-refractivity contribution in [1.82, 2.24) is 16.0 Å². The first-order valence-electron chi connectivity index (χ1n) is 6.08. The van der Waals surface area contributed by atoms with Crippen molar-refractivity contribution in [2.24, 2.45) is 0 Å². The predicted octanol–water partition coefficient (Wildman–Crippen LogP) is -0.229. The lowest BCUT2D eigenvalue weighted by molar-refractivity contribution is -0.139. The van der Waals surface area contributed by atoms with Crippen LogP contribution in [0.2, 0.25) is 0 Å². The highest BCUT2D eigenvalue weighted by atomic mass is 32.2. The molecule has 0 spiro atoms. The molecular weight excluding hydrogens is 270 g/mol. The normalized spacial score (nSPS) is 15.4. The second kappa shape index (κ2) is 7.88. The molecule has 1 rings (SSSR count). The average Bonchev–Trinajstić information content (AvgIpc) is 3.15. The summed E-state index contributed by atoms with van der Waals surface area (Å²) in [6, 6.07) is -1.33. The number of hydrogen-bond acceptors (Lipinski definition) is 4. The number of carboxylic acid groups (broad SMARTS) is 1. The largest absolute Gasteiger partial charge is 0.480 e. The van der Waals surface area contributed by atoms with Crippen LogP contribution in [-0.2, 0) is 9.59 Å². The SMILES string of the molecule is CSCCC(NC(=O)NCC(=O)NC1CC1)C(=O)O. The van der Waals surface area contributed by atoms with Crippen molar-refractivity contribution in [3.8, 4) is 0 Å². The fourth-order valence-corrected chi connectivity index (χ4v) is 1.84. The molecule has 3 amide bonds. The van der Waals surface area contributed by atoms with Crippen molar-refractivity contribution in [2.75, 3.05) is 18.6 Å². The Hall–Kier alpha value is -1.44. The van der Waals surface area contributed by atoms with E-state index in [1.807, 2.05) is 6.26 Å². The molecule has 8 heteroatoms. The van der Waals surface area contributed by atoms with Gasteiger partial charge in [-0.3, -0.25) is 4.79 Å². The summed E-state index contributed by atoms with van der Waals surface area (Å²) in [6.07, 6.45) is 4.17.